The Hall–Kier alpha value is -0.680. The molecule has 0 heterocycles. The van der Waals surface area contributed by atoms with Crippen LogP contribution in [0.5, 0.6) is 0 Å². The number of halogens is 2. The Balaban J connectivity index is 2.51. The molecular weight excluding hydrogens is 233 g/mol. The van der Waals surface area contributed by atoms with E-state index in [2.05, 4.69) is 0 Å². The molecule has 1 aromatic rings. The van der Waals surface area contributed by atoms with Crippen molar-refractivity contribution in [1.29, 1.82) is 0 Å². The van der Waals surface area contributed by atoms with Gasteiger partial charge in [-0.1, -0.05) is 11.6 Å². The van der Waals surface area contributed by atoms with Crippen LogP contribution in [0.25, 0.3) is 0 Å². The number of ether oxygens (including phenoxy) is 2. The molecule has 5 heteroatoms. The van der Waals surface area contributed by atoms with Crippen LogP contribution in [0.1, 0.15) is 11.6 Å². The Kier molecular flexibility index (Phi) is 5.69. The lowest BCUT2D eigenvalue weighted by Gasteiger charge is -2.14. The third kappa shape index (κ3) is 4.06. The largest absolute Gasteiger partial charge is 0.382 e. The smallest absolute Gasteiger partial charge is 0.123 e. The second-order valence-corrected chi connectivity index (χ2v) is 3.75. The van der Waals surface area contributed by atoms with Crippen molar-refractivity contribution in [2.24, 2.45) is 5.73 Å². The summed E-state index contributed by atoms with van der Waals surface area (Å²) in [7, 11) is 1.59. The highest BCUT2D eigenvalue weighted by molar-refractivity contribution is 6.31. The normalized spacial score (nSPS) is 12.8. The Labute approximate surface area is 99.3 Å². The van der Waals surface area contributed by atoms with Crippen molar-refractivity contribution < 1.29 is 13.9 Å². The summed E-state index contributed by atoms with van der Waals surface area (Å²) < 4.78 is 23.0. The number of rotatable bonds is 6. The van der Waals surface area contributed by atoms with Gasteiger partial charge in [-0.15, -0.1) is 0 Å². The van der Waals surface area contributed by atoms with Gasteiger partial charge in [-0.25, -0.2) is 4.39 Å². The molecule has 0 aliphatic carbocycles. The van der Waals surface area contributed by atoms with Gasteiger partial charge in [0, 0.05) is 12.1 Å². The summed E-state index contributed by atoms with van der Waals surface area (Å²) in [5.74, 6) is -0.355. The summed E-state index contributed by atoms with van der Waals surface area (Å²) in [5.41, 5.74) is 6.38. The quantitative estimate of drug-likeness (QED) is 0.784. The van der Waals surface area contributed by atoms with E-state index in [4.69, 9.17) is 26.8 Å². The van der Waals surface area contributed by atoms with Crippen molar-refractivity contribution in [1.82, 2.24) is 0 Å². The highest BCUT2D eigenvalue weighted by Gasteiger charge is 2.11. The van der Waals surface area contributed by atoms with Crippen LogP contribution >= 0.6 is 11.6 Å². The summed E-state index contributed by atoms with van der Waals surface area (Å²) in [5, 5.41) is 0.448. The summed E-state index contributed by atoms with van der Waals surface area (Å²) in [4.78, 5) is 0. The lowest BCUT2D eigenvalue weighted by Crippen LogP contribution is -2.19. The average molecular weight is 248 g/mol. The van der Waals surface area contributed by atoms with Crippen molar-refractivity contribution in [3.63, 3.8) is 0 Å². The molecule has 1 atom stereocenters. The molecule has 0 fully saturated rings. The SMILES string of the molecule is COCCOCC(N)c1cc(F)ccc1Cl. The van der Waals surface area contributed by atoms with E-state index in [0.717, 1.165) is 0 Å². The Bertz CT molecular complexity index is 336. The summed E-state index contributed by atoms with van der Waals surface area (Å²) >= 11 is 5.90. The zero-order valence-electron chi connectivity index (χ0n) is 9.08. The van der Waals surface area contributed by atoms with E-state index < -0.39 is 6.04 Å². The minimum Gasteiger partial charge on any atom is -0.382 e. The maximum atomic E-state index is 13.0. The summed E-state index contributed by atoms with van der Waals surface area (Å²) in [6.07, 6.45) is 0. The molecule has 0 bridgehead atoms. The van der Waals surface area contributed by atoms with Crippen molar-refractivity contribution in [3.8, 4) is 0 Å². The molecule has 0 radical (unpaired) electrons. The molecule has 0 aliphatic heterocycles. The summed E-state index contributed by atoms with van der Waals surface area (Å²) in [6, 6.07) is 3.68. The van der Waals surface area contributed by atoms with Crippen molar-refractivity contribution in [3.05, 3.63) is 34.6 Å². The lowest BCUT2D eigenvalue weighted by atomic mass is 10.1. The second kappa shape index (κ2) is 6.81. The standard InChI is InChI=1S/C11H15ClFNO2/c1-15-4-5-16-7-11(14)9-6-8(13)2-3-10(9)12/h2-3,6,11H,4-5,7,14H2,1H3. The van der Waals surface area contributed by atoms with Gasteiger partial charge in [-0.3, -0.25) is 0 Å². The first-order chi connectivity index (χ1) is 7.65. The number of hydrogen-bond acceptors (Lipinski definition) is 3. The first-order valence-electron chi connectivity index (χ1n) is 4.92. The van der Waals surface area contributed by atoms with Crippen LogP contribution < -0.4 is 5.73 Å². The van der Waals surface area contributed by atoms with E-state index in [-0.39, 0.29) is 12.4 Å². The van der Waals surface area contributed by atoms with E-state index in [1.165, 1.54) is 18.2 Å². The molecule has 0 saturated carbocycles. The van der Waals surface area contributed by atoms with Crippen LogP contribution in [0.3, 0.4) is 0 Å². The molecule has 3 nitrogen and oxygen atoms in total. The lowest BCUT2D eigenvalue weighted by molar-refractivity contribution is 0.0636. The molecule has 0 spiro atoms. The molecular formula is C11H15ClFNO2. The number of nitrogens with two attached hydrogens (primary N) is 1. The minimum absolute atomic E-state index is 0.284. The molecule has 0 aliphatic rings. The van der Waals surface area contributed by atoms with Gasteiger partial charge in [0.1, 0.15) is 5.82 Å². The van der Waals surface area contributed by atoms with Crippen LogP contribution in [0, 0.1) is 5.82 Å². The van der Waals surface area contributed by atoms with E-state index in [1.807, 2.05) is 0 Å². The first-order valence-corrected chi connectivity index (χ1v) is 5.30. The van der Waals surface area contributed by atoms with Gasteiger partial charge in [0.25, 0.3) is 0 Å². The average Bonchev–Trinajstić information content (AvgIpc) is 2.27. The maximum Gasteiger partial charge on any atom is 0.123 e. The molecule has 1 unspecified atom stereocenters. The zero-order chi connectivity index (χ0) is 12.0. The van der Waals surface area contributed by atoms with E-state index in [0.29, 0.717) is 23.8 Å². The van der Waals surface area contributed by atoms with Gasteiger partial charge in [0.15, 0.2) is 0 Å². The first kappa shape index (κ1) is 13.4. The maximum absolute atomic E-state index is 13.0. The van der Waals surface area contributed by atoms with Gasteiger partial charge < -0.3 is 15.2 Å². The van der Waals surface area contributed by atoms with Crippen molar-refractivity contribution >= 4 is 11.6 Å². The predicted octanol–water partition coefficient (Wildman–Crippen LogP) is 2.14. The molecule has 2 N–H and O–H groups in total. The van der Waals surface area contributed by atoms with Crippen molar-refractivity contribution in [2.45, 2.75) is 6.04 Å². The molecule has 1 rings (SSSR count). The van der Waals surface area contributed by atoms with E-state index >= 15 is 0 Å². The minimum atomic E-state index is -0.431. The Morgan fingerprint density at radius 3 is 2.88 bits per heavy atom. The highest BCUT2D eigenvalue weighted by Crippen LogP contribution is 2.22. The number of benzene rings is 1. The number of methoxy groups -OCH3 is 1. The Morgan fingerprint density at radius 1 is 1.44 bits per heavy atom. The predicted molar refractivity (Wildman–Crippen MR) is 61.0 cm³/mol. The molecule has 0 aromatic heterocycles. The van der Waals surface area contributed by atoms with Crippen LogP contribution in [-0.2, 0) is 9.47 Å². The fourth-order valence-corrected chi connectivity index (χ4v) is 1.50. The molecule has 16 heavy (non-hydrogen) atoms. The van der Waals surface area contributed by atoms with E-state index in [1.54, 1.807) is 7.11 Å². The fourth-order valence-electron chi connectivity index (χ4n) is 1.24. The van der Waals surface area contributed by atoms with Crippen LogP contribution in [-0.4, -0.2) is 26.9 Å². The molecule has 0 saturated heterocycles. The van der Waals surface area contributed by atoms with Gasteiger partial charge in [-0.2, -0.15) is 0 Å². The molecule has 0 amide bonds. The molecule has 1 aromatic carbocycles. The number of hydrogen-bond donors (Lipinski definition) is 1. The van der Waals surface area contributed by atoms with Gasteiger partial charge >= 0.3 is 0 Å². The van der Waals surface area contributed by atoms with E-state index in [9.17, 15) is 4.39 Å². The Morgan fingerprint density at radius 2 is 2.19 bits per heavy atom. The zero-order valence-corrected chi connectivity index (χ0v) is 9.84. The van der Waals surface area contributed by atoms with Crippen LogP contribution in [0.2, 0.25) is 5.02 Å². The molecule has 90 valence electrons. The third-order valence-corrected chi connectivity index (χ3v) is 2.43. The topological polar surface area (TPSA) is 44.5 Å². The van der Waals surface area contributed by atoms with Gasteiger partial charge in [0.2, 0.25) is 0 Å². The second-order valence-electron chi connectivity index (χ2n) is 3.34. The van der Waals surface area contributed by atoms with Gasteiger partial charge in [-0.05, 0) is 23.8 Å². The highest BCUT2D eigenvalue weighted by atomic mass is 35.5. The third-order valence-electron chi connectivity index (χ3n) is 2.09. The van der Waals surface area contributed by atoms with Crippen LogP contribution in [0.4, 0.5) is 4.39 Å². The van der Waals surface area contributed by atoms with Crippen LogP contribution in [0.15, 0.2) is 18.2 Å². The van der Waals surface area contributed by atoms with Gasteiger partial charge in [0.05, 0.1) is 25.9 Å². The fraction of sp³-hybridized carbons (Fsp3) is 0.455. The summed E-state index contributed by atoms with van der Waals surface area (Å²) in [6.45, 7) is 1.24. The van der Waals surface area contributed by atoms with Crippen molar-refractivity contribution in [2.75, 3.05) is 26.9 Å². The monoisotopic (exact) mass is 247 g/mol.